The van der Waals surface area contributed by atoms with E-state index in [0.717, 1.165) is 4.47 Å². The van der Waals surface area contributed by atoms with E-state index in [1.165, 1.54) is 0 Å². The number of halogens is 1. The van der Waals surface area contributed by atoms with Gasteiger partial charge in [-0.2, -0.15) is 0 Å². The van der Waals surface area contributed by atoms with Gasteiger partial charge in [0.1, 0.15) is 0 Å². The van der Waals surface area contributed by atoms with E-state index in [-0.39, 0.29) is 5.41 Å². The van der Waals surface area contributed by atoms with Crippen molar-refractivity contribution in [1.82, 2.24) is 0 Å². The number of rotatable bonds is 0. The quantitative estimate of drug-likeness (QED) is 0.800. The van der Waals surface area contributed by atoms with Crippen molar-refractivity contribution in [3.8, 4) is 0 Å². The fourth-order valence-corrected chi connectivity index (χ4v) is 4.91. The molecule has 1 N–H and O–H groups in total. The molecule has 0 bridgehead atoms. The van der Waals surface area contributed by atoms with Crippen LogP contribution in [0.1, 0.15) is 20.8 Å². The van der Waals surface area contributed by atoms with Gasteiger partial charge in [0.2, 0.25) is 0 Å². The molecule has 1 atom stereocenters. The molecule has 0 spiro atoms. The number of anilines is 1. The molecule has 0 fully saturated rings. The van der Waals surface area contributed by atoms with Crippen LogP contribution in [0.5, 0.6) is 0 Å². The molecule has 1 unspecified atom stereocenters. The van der Waals surface area contributed by atoms with Crippen molar-refractivity contribution in [2.24, 2.45) is 5.41 Å². The van der Waals surface area contributed by atoms with Gasteiger partial charge in [0.15, 0.2) is 9.84 Å². The molecule has 2 rings (SSSR count). The second-order valence-electron chi connectivity index (χ2n) is 5.42. The monoisotopic (exact) mass is 317 g/mol. The SMILES string of the molecule is CC(C)(C)C1CNc2ccc(Br)cc2S1(=O)=O. The van der Waals surface area contributed by atoms with Gasteiger partial charge in [-0.3, -0.25) is 0 Å². The maximum atomic E-state index is 12.5. The minimum Gasteiger partial charge on any atom is -0.383 e. The van der Waals surface area contributed by atoms with Crippen molar-refractivity contribution in [3.05, 3.63) is 22.7 Å². The number of hydrogen-bond acceptors (Lipinski definition) is 3. The van der Waals surface area contributed by atoms with E-state index >= 15 is 0 Å². The van der Waals surface area contributed by atoms with E-state index in [1.54, 1.807) is 12.1 Å². The van der Waals surface area contributed by atoms with Gasteiger partial charge in [-0.25, -0.2) is 8.42 Å². The maximum absolute atomic E-state index is 12.5. The number of fused-ring (bicyclic) bond motifs is 1. The number of nitrogens with one attached hydrogen (secondary N) is 1. The minimum atomic E-state index is -3.26. The molecule has 0 amide bonds. The van der Waals surface area contributed by atoms with Crippen LogP contribution in [-0.2, 0) is 9.84 Å². The van der Waals surface area contributed by atoms with Crippen LogP contribution in [0.3, 0.4) is 0 Å². The highest BCUT2D eigenvalue weighted by Gasteiger charge is 2.41. The lowest BCUT2D eigenvalue weighted by molar-refractivity contribution is 0.382. The normalized spacial score (nSPS) is 22.7. The van der Waals surface area contributed by atoms with Gasteiger partial charge in [0.25, 0.3) is 0 Å². The Bertz CT molecular complexity index is 546. The largest absolute Gasteiger partial charge is 0.383 e. The van der Waals surface area contributed by atoms with E-state index in [0.29, 0.717) is 17.1 Å². The Hall–Kier alpha value is -0.550. The molecule has 3 nitrogen and oxygen atoms in total. The second-order valence-corrected chi connectivity index (χ2v) is 8.44. The third-order valence-corrected chi connectivity index (χ3v) is 6.14. The molecule has 0 aliphatic carbocycles. The van der Waals surface area contributed by atoms with Crippen molar-refractivity contribution in [1.29, 1.82) is 0 Å². The van der Waals surface area contributed by atoms with E-state index in [9.17, 15) is 8.42 Å². The average Bonchev–Trinajstić information content (AvgIpc) is 2.16. The molecule has 1 aromatic rings. The summed E-state index contributed by atoms with van der Waals surface area (Å²) in [5.74, 6) is 0. The van der Waals surface area contributed by atoms with E-state index in [1.807, 2.05) is 26.8 Å². The Morgan fingerprint density at radius 2 is 2.00 bits per heavy atom. The lowest BCUT2D eigenvalue weighted by Gasteiger charge is -2.35. The van der Waals surface area contributed by atoms with Crippen LogP contribution in [-0.4, -0.2) is 20.2 Å². The Morgan fingerprint density at radius 3 is 2.59 bits per heavy atom. The molecule has 1 aliphatic rings. The molecule has 17 heavy (non-hydrogen) atoms. The second kappa shape index (κ2) is 3.99. The van der Waals surface area contributed by atoms with Crippen LogP contribution < -0.4 is 5.32 Å². The summed E-state index contributed by atoms with van der Waals surface area (Å²) in [6, 6.07) is 5.32. The molecular weight excluding hydrogens is 302 g/mol. The van der Waals surface area contributed by atoms with E-state index in [4.69, 9.17) is 0 Å². The van der Waals surface area contributed by atoms with Crippen molar-refractivity contribution < 1.29 is 8.42 Å². The summed E-state index contributed by atoms with van der Waals surface area (Å²) < 4.78 is 25.9. The van der Waals surface area contributed by atoms with Crippen molar-refractivity contribution >= 4 is 31.5 Å². The predicted molar refractivity (Wildman–Crippen MR) is 73.1 cm³/mol. The molecule has 5 heteroatoms. The maximum Gasteiger partial charge on any atom is 0.185 e. The van der Waals surface area contributed by atoms with Crippen LogP contribution in [0.2, 0.25) is 0 Å². The summed E-state index contributed by atoms with van der Waals surface area (Å²) in [5.41, 5.74) is 0.431. The molecule has 0 saturated carbocycles. The Balaban J connectivity index is 2.60. The standard InChI is InChI=1S/C12H16BrNO2S/c1-12(2,3)11-7-14-9-5-4-8(13)6-10(9)17(11,15)16/h4-6,11,14H,7H2,1-3H3. The molecule has 94 valence electrons. The fraction of sp³-hybridized carbons (Fsp3) is 0.500. The first-order valence-corrected chi connectivity index (χ1v) is 7.84. The first kappa shape index (κ1) is 12.9. The van der Waals surface area contributed by atoms with Crippen molar-refractivity contribution in [2.75, 3.05) is 11.9 Å². The van der Waals surface area contributed by atoms with Gasteiger partial charge in [-0.15, -0.1) is 0 Å². The summed E-state index contributed by atoms with van der Waals surface area (Å²) in [6.07, 6.45) is 0. The highest BCUT2D eigenvalue weighted by atomic mass is 79.9. The Kier molecular flexibility index (Phi) is 3.02. The summed E-state index contributed by atoms with van der Waals surface area (Å²) in [7, 11) is -3.26. The van der Waals surface area contributed by atoms with Crippen LogP contribution >= 0.6 is 15.9 Å². The highest BCUT2D eigenvalue weighted by Crippen LogP contribution is 2.38. The summed E-state index contributed by atoms with van der Waals surface area (Å²) in [4.78, 5) is 0.401. The van der Waals surface area contributed by atoms with Gasteiger partial charge in [-0.1, -0.05) is 36.7 Å². The van der Waals surface area contributed by atoms with Crippen molar-refractivity contribution in [2.45, 2.75) is 30.9 Å². The van der Waals surface area contributed by atoms with Crippen molar-refractivity contribution in [3.63, 3.8) is 0 Å². The topological polar surface area (TPSA) is 46.2 Å². The summed E-state index contributed by atoms with van der Waals surface area (Å²) in [5, 5.41) is 2.81. The number of sulfone groups is 1. The van der Waals surface area contributed by atoms with Crippen LogP contribution in [0, 0.1) is 5.41 Å². The third kappa shape index (κ3) is 2.22. The molecule has 0 radical (unpaired) electrons. The summed E-state index contributed by atoms with van der Waals surface area (Å²) >= 11 is 3.32. The molecule has 0 saturated heterocycles. The molecular formula is C12H16BrNO2S. The zero-order valence-corrected chi connectivity index (χ0v) is 12.5. The number of benzene rings is 1. The molecule has 0 aromatic heterocycles. The smallest absolute Gasteiger partial charge is 0.185 e. The van der Waals surface area contributed by atoms with Crippen LogP contribution in [0.4, 0.5) is 5.69 Å². The average molecular weight is 318 g/mol. The Labute approximate surface area is 111 Å². The van der Waals surface area contributed by atoms with Gasteiger partial charge in [-0.05, 0) is 23.6 Å². The van der Waals surface area contributed by atoms with Gasteiger partial charge in [0.05, 0.1) is 15.8 Å². The Morgan fingerprint density at radius 1 is 1.35 bits per heavy atom. The lowest BCUT2D eigenvalue weighted by atomic mass is 9.91. The predicted octanol–water partition coefficient (Wildman–Crippen LogP) is 3.06. The van der Waals surface area contributed by atoms with E-state index in [2.05, 4.69) is 21.2 Å². The third-order valence-electron chi connectivity index (χ3n) is 3.07. The van der Waals surface area contributed by atoms with Gasteiger partial charge in [0, 0.05) is 11.0 Å². The highest BCUT2D eigenvalue weighted by molar-refractivity contribution is 9.10. The molecule has 1 aliphatic heterocycles. The van der Waals surface area contributed by atoms with E-state index < -0.39 is 15.1 Å². The summed E-state index contributed by atoms with van der Waals surface area (Å²) in [6.45, 7) is 6.35. The lowest BCUT2D eigenvalue weighted by Crippen LogP contribution is -2.43. The van der Waals surface area contributed by atoms with Gasteiger partial charge < -0.3 is 5.32 Å². The molecule has 1 heterocycles. The fourth-order valence-electron chi connectivity index (χ4n) is 2.11. The minimum absolute atomic E-state index is 0.272. The first-order chi connectivity index (χ1) is 7.73. The zero-order chi connectivity index (χ0) is 12.8. The molecule has 1 aromatic carbocycles. The first-order valence-electron chi connectivity index (χ1n) is 5.50. The zero-order valence-electron chi connectivity index (χ0n) is 10.1. The number of hydrogen-bond donors (Lipinski definition) is 1. The van der Waals surface area contributed by atoms with Crippen LogP contribution in [0.15, 0.2) is 27.6 Å². The van der Waals surface area contributed by atoms with Gasteiger partial charge >= 0.3 is 0 Å². The van der Waals surface area contributed by atoms with Crippen LogP contribution in [0.25, 0.3) is 0 Å².